The van der Waals surface area contributed by atoms with Crippen LogP contribution in [-0.2, 0) is 6.42 Å². The van der Waals surface area contributed by atoms with Crippen LogP contribution in [0.5, 0.6) is 0 Å². The summed E-state index contributed by atoms with van der Waals surface area (Å²) in [5.41, 5.74) is 8.51. The molecule has 0 aliphatic heterocycles. The van der Waals surface area contributed by atoms with Gasteiger partial charge in [0.25, 0.3) is 0 Å². The lowest BCUT2D eigenvalue weighted by molar-refractivity contribution is -0.362. The Bertz CT molecular complexity index is 277. The molecule has 0 heterocycles. The highest BCUT2D eigenvalue weighted by Gasteiger charge is 1.92. The lowest BCUT2D eigenvalue weighted by Crippen LogP contribution is -2.55. The van der Waals surface area contributed by atoms with Crippen LogP contribution in [0.25, 0.3) is 0 Å². The molecule has 0 spiro atoms. The SMILES string of the molecule is CCCCc1ccc(B([O-])[O-])cc1.CC[NH3+].CC[NH3+]. The van der Waals surface area contributed by atoms with Crippen LogP contribution in [0.3, 0.4) is 0 Å². The van der Waals surface area contributed by atoms with Gasteiger partial charge in [-0.1, -0.05) is 44.7 Å². The van der Waals surface area contributed by atoms with Crippen molar-refractivity contribution in [3.63, 3.8) is 0 Å². The number of rotatable bonds is 4. The van der Waals surface area contributed by atoms with Gasteiger partial charge < -0.3 is 21.5 Å². The Balaban J connectivity index is 0. The molecule has 19 heavy (non-hydrogen) atoms. The van der Waals surface area contributed by atoms with Gasteiger partial charge in [-0.05, 0) is 32.3 Å². The zero-order chi connectivity index (χ0) is 15.1. The molecule has 0 fully saturated rings. The van der Waals surface area contributed by atoms with E-state index in [1.807, 2.05) is 26.0 Å². The molecule has 110 valence electrons. The van der Waals surface area contributed by atoms with Crippen LogP contribution in [0.1, 0.15) is 39.2 Å². The third-order valence-corrected chi connectivity index (χ3v) is 2.07. The summed E-state index contributed by atoms with van der Waals surface area (Å²) in [5, 5.41) is 21.0. The molecule has 1 aromatic carbocycles. The lowest BCUT2D eigenvalue weighted by atomic mass is 9.80. The summed E-state index contributed by atoms with van der Waals surface area (Å²) >= 11 is 0. The Kier molecular flexibility index (Phi) is 16.3. The van der Waals surface area contributed by atoms with Crippen molar-refractivity contribution in [2.24, 2.45) is 0 Å². The number of hydrogen-bond donors (Lipinski definition) is 2. The molecule has 5 heteroatoms. The second kappa shape index (κ2) is 15.2. The second-order valence-electron chi connectivity index (χ2n) is 4.18. The van der Waals surface area contributed by atoms with Gasteiger partial charge in [0.05, 0.1) is 13.1 Å². The van der Waals surface area contributed by atoms with Crippen LogP contribution in [-0.4, -0.2) is 20.2 Å². The molecule has 0 saturated carbocycles. The second-order valence-corrected chi connectivity index (χ2v) is 4.18. The monoisotopic (exact) mass is 268 g/mol. The Hall–Kier alpha value is -0.875. The highest BCUT2D eigenvalue weighted by molar-refractivity contribution is 6.55. The number of aryl methyl sites for hydroxylation is 1. The van der Waals surface area contributed by atoms with E-state index in [0.717, 1.165) is 32.4 Å². The predicted octanol–water partition coefficient (Wildman–Crippen LogP) is -2.06. The molecule has 6 N–H and O–H groups in total. The highest BCUT2D eigenvalue weighted by atomic mass is 16.4. The molecule has 0 unspecified atom stereocenters. The maximum atomic E-state index is 10.5. The molecule has 0 saturated heterocycles. The molecule has 0 aromatic heterocycles. The smallest absolute Gasteiger partial charge is 0.0711 e. The first-order valence-corrected chi connectivity index (χ1v) is 7.06. The van der Waals surface area contributed by atoms with E-state index >= 15 is 0 Å². The van der Waals surface area contributed by atoms with Crippen molar-refractivity contribution < 1.29 is 21.5 Å². The Morgan fingerprint density at radius 2 is 1.37 bits per heavy atom. The third kappa shape index (κ3) is 13.4. The summed E-state index contributed by atoms with van der Waals surface area (Å²) in [5.74, 6) is 0. The summed E-state index contributed by atoms with van der Waals surface area (Å²) in [7, 11) is -1.85. The van der Waals surface area contributed by atoms with Crippen molar-refractivity contribution >= 4 is 12.6 Å². The molecule has 1 aromatic rings. The zero-order valence-corrected chi connectivity index (χ0v) is 12.7. The first-order valence-electron chi connectivity index (χ1n) is 7.06. The largest absolute Gasteiger partial charge is 0.889 e. The maximum Gasteiger partial charge on any atom is 0.0711 e. The average Bonchev–Trinajstić information content (AvgIpc) is 2.38. The van der Waals surface area contributed by atoms with Crippen LogP contribution in [0.2, 0.25) is 0 Å². The topological polar surface area (TPSA) is 101 Å². The van der Waals surface area contributed by atoms with E-state index in [2.05, 4.69) is 18.4 Å². The normalized spacial score (nSPS) is 8.79. The van der Waals surface area contributed by atoms with E-state index in [4.69, 9.17) is 0 Å². The van der Waals surface area contributed by atoms with Crippen LogP contribution in [0.15, 0.2) is 24.3 Å². The Morgan fingerprint density at radius 3 is 1.68 bits per heavy atom. The number of benzene rings is 1. The minimum absolute atomic E-state index is 0.334. The first-order chi connectivity index (χ1) is 9.06. The molecular formula is C14H29BN2O2. The van der Waals surface area contributed by atoms with Crippen molar-refractivity contribution in [1.29, 1.82) is 0 Å². The molecule has 0 atom stereocenters. The minimum atomic E-state index is -1.85. The summed E-state index contributed by atoms with van der Waals surface area (Å²) in [6.45, 7) is 8.17. The van der Waals surface area contributed by atoms with Gasteiger partial charge in [0.2, 0.25) is 0 Å². The average molecular weight is 268 g/mol. The predicted molar refractivity (Wildman–Crippen MR) is 77.3 cm³/mol. The van der Waals surface area contributed by atoms with Crippen LogP contribution in [0, 0.1) is 0 Å². The summed E-state index contributed by atoms with van der Waals surface area (Å²) < 4.78 is 0. The molecule has 0 bridgehead atoms. The zero-order valence-electron chi connectivity index (χ0n) is 12.7. The number of unbranched alkanes of at least 4 members (excludes halogenated alkanes) is 1. The molecule has 0 aliphatic carbocycles. The van der Waals surface area contributed by atoms with Gasteiger partial charge in [-0.15, -0.1) is 5.46 Å². The fourth-order valence-corrected chi connectivity index (χ4v) is 1.22. The Morgan fingerprint density at radius 1 is 0.947 bits per heavy atom. The number of hydrogen-bond acceptors (Lipinski definition) is 2. The molecule has 4 nitrogen and oxygen atoms in total. The van der Waals surface area contributed by atoms with E-state index in [-0.39, 0.29) is 0 Å². The van der Waals surface area contributed by atoms with Gasteiger partial charge in [0.15, 0.2) is 0 Å². The van der Waals surface area contributed by atoms with E-state index < -0.39 is 7.12 Å². The quantitative estimate of drug-likeness (QED) is 0.613. The van der Waals surface area contributed by atoms with E-state index in [1.165, 1.54) is 5.56 Å². The van der Waals surface area contributed by atoms with Crippen LogP contribution < -0.4 is 27.0 Å². The first kappa shape index (κ1) is 20.4. The van der Waals surface area contributed by atoms with Crippen molar-refractivity contribution in [2.45, 2.75) is 40.0 Å². The van der Waals surface area contributed by atoms with Gasteiger partial charge in [0.1, 0.15) is 0 Å². The highest BCUT2D eigenvalue weighted by Crippen LogP contribution is 2.02. The number of quaternary nitrogens is 2. The van der Waals surface area contributed by atoms with E-state index in [9.17, 15) is 10.0 Å². The van der Waals surface area contributed by atoms with Gasteiger partial charge in [-0.2, -0.15) is 0 Å². The molecule has 0 aliphatic rings. The fraction of sp³-hybridized carbons (Fsp3) is 0.571. The van der Waals surface area contributed by atoms with Gasteiger partial charge >= 0.3 is 0 Å². The van der Waals surface area contributed by atoms with Crippen molar-refractivity contribution in [3.05, 3.63) is 29.8 Å². The summed E-state index contributed by atoms with van der Waals surface area (Å²) in [6.07, 6.45) is 3.34. The van der Waals surface area contributed by atoms with Crippen molar-refractivity contribution in [2.75, 3.05) is 13.1 Å². The summed E-state index contributed by atoms with van der Waals surface area (Å²) in [6, 6.07) is 7.01. The van der Waals surface area contributed by atoms with Crippen molar-refractivity contribution in [1.82, 2.24) is 0 Å². The maximum absolute atomic E-state index is 10.5. The van der Waals surface area contributed by atoms with E-state index in [0.29, 0.717) is 5.46 Å². The lowest BCUT2D eigenvalue weighted by Gasteiger charge is -2.26. The molecule has 1 rings (SSSR count). The van der Waals surface area contributed by atoms with Crippen LogP contribution in [0.4, 0.5) is 0 Å². The molecule has 0 radical (unpaired) electrons. The molecular weight excluding hydrogens is 239 g/mol. The van der Waals surface area contributed by atoms with E-state index in [1.54, 1.807) is 12.1 Å². The van der Waals surface area contributed by atoms with Gasteiger partial charge in [0, 0.05) is 0 Å². The van der Waals surface area contributed by atoms with Crippen LogP contribution >= 0.6 is 0 Å². The summed E-state index contributed by atoms with van der Waals surface area (Å²) in [4.78, 5) is 0. The van der Waals surface area contributed by atoms with Gasteiger partial charge in [-0.25, -0.2) is 0 Å². The van der Waals surface area contributed by atoms with Crippen molar-refractivity contribution in [3.8, 4) is 0 Å². The fourth-order valence-electron chi connectivity index (χ4n) is 1.22. The molecule has 0 amide bonds. The standard InChI is InChI=1S/C10H13BO2.2C2H7N/c1-2-3-4-9-5-7-10(8-6-9)11(12)13;2*1-2-3/h5-8H,2-4H2,1H3;2*2-3H2,1H3/q-2;;/p+2. The van der Waals surface area contributed by atoms with Gasteiger partial charge in [-0.3, -0.25) is 0 Å². The third-order valence-electron chi connectivity index (χ3n) is 2.07. The Labute approximate surface area is 118 Å². The minimum Gasteiger partial charge on any atom is -0.889 e.